The normalized spacial score (nSPS) is 22.9. The largest absolute Gasteiger partial charge is 0.396 e. The molecule has 0 aromatic carbocycles. The number of hydrogen-bond donors (Lipinski definition) is 1. The Kier molecular flexibility index (Phi) is 5.07. The number of nitrogens with zero attached hydrogens (tertiary/aromatic N) is 1. The zero-order valence-electron chi connectivity index (χ0n) is 13.5. The van der Waals surface area contributed by atoms with Crippen molar-refractivity contribution >= 4 is 11.8 Å². The first kappa shape index (κ1) is 16.5. The van der Waals surface area contributed by atoms with E-state index in [-0.39, 0.29) is 29.3 Å². The van der Waals surface area contributed by atoms with Gasteiger partial charge >= 0.3 is 0 Å². The van der Waals surface area contributed by atoms with E-state index in [2.05, 4.69) is 13.8 Å². The van der Waals surface area contributed by atoms with Crippen LogP contribution in [-0.2, 0) is 9.59 Å². The molecule has 2 fully saturated rings. The molecule has 0 unspecified atom stereocenters. The lowest BCUT2D eigenvalue weighted by atomic mass is 9.67. The van der Waals surface area contributed by atoms with Gasteiger partial charge in [0.15, 0.2) is 0 Å². The number of carbonyl (C=O) groups is 2. The van der Waals surface area contributed by atoms with Crippen LogP contribution in [0.5, 0.6) is 0 Å². The number of aliphatic hydroxyl groups is 1. The molecule has 2 amide bonds. The second-order valence-corrected chi connectivity index (χ2v) is 7.78. The van der Waals surface area contributed by atoms with Crippen LogP contribution in [0.4, 0.5) is 0 Å². The van der Waals surface area contributed by atoms with Gasteiger partial charge in [0.1, 0.15) is 0 Å². The molecular formula is C17H29NO3. The Morgan fingerprint density at radius 3 is 2.19 bits per heavy atom. The summed E-state index contributed by atoms with van der Waals surface area (Å²) >= 11 is 0. The number of imide groups is 1. The molecule has 1 heterocycles. The van der Waals surface area contributed by atoms with E-state index in [9.17, 15) is 9.59 Å². The Morgan fingerprint density at radius 2 is 1.67 bits per heavy atom. The minimum absolute atomic E-state index is 0.0187. The number of piperidine rings is 1. The van der Waals surface area contributed by atoms with E-state index in [0.717, 1.165) is 32.1 Å². The van der Waals surface area contributed by atoms with Crippen LogP contribution in [-0.4, -0.2) is 35.0 Å². The lowest BCUT2D eigenvalue weighted by Gasteiger charge is -2.44. The summed E-state index contributed by atoms with van der Waals surface area (Å²) in [5, 5.41) is 8.96. The quantitative estimate of drug-likeness (QED) is 0.793. The predicted molar refractivity (Wildman–Crippen MR) is 81.6 cm³/mol. The molecule has 4 heteroatoms. The highest BCUT2D eigenvalue weighted by atomic mass is 16.3. The summed E-state index contributed by atoms with van der Waals surface area (Å²) in [5.41, 5.74) is -0.150. The Bertz CT molecular complexity index is 377. The molecule has 0 atom stereocenters. The molecule has 1 saturated heterocycles. The fourth-order valence-electron chi connectivity index (χ4n) is 3.93. The van der Waals surface area contributed by atoms with Crippen molar-refractivity contribution in [1.29, 1.82) is 0 Å². The first-order valence-corrected chi connectivity index (χ1v) is 8.32. The van der Waals surface area contributed by atoms with Gasteiger partial charge in [-0.3, -0.25) is 14.5 Å². The van der Waals surface area contributed by atoms with Crippen molar-refractivity contribution in [3.8, 4) is 0 Å². The van der Waals surface area contributed by atoms with Gasteiger partial charge in [0.2, 0.25) is 11.8 Å². The predicted octanol–water partition coefficient (Wildman–Crippen LogP) is 2.88. The molecule has 0 bridgehead atoms. The zero-order valence-corrected chi connectivity index (χ0v) is 13.5. The molecular weight excluding hydrogens is 266 g/mol. The van der Waals surface area contributed by atoms with Crippen molar-refractivity contribution in [2.75, 3.05) is 13.2 Å². The third-order valence-electron chi connectivity index (χ3n) is 5.17. The summed E-state index contributed by atoms with van der Waals surface area (Å²) in [7, 11) is 0. The van der Waals surface area contributed by atoms with Crippen LogP contribution in [0.2, 0.25) is 0 Å². The minimum Gasteiger partial charge on any atom is -0.396 e. The summed E-state index contributed by atoms with van der Waals surface area (Å²) in [6, 6.07) is 0. The van der Waals surface area contributed by atoms with Crippen molar-refractivity contribution < 1.29 is 14.7 Å². The SMILES string of the molecule is CC(C)(CCCO)CN1C(=O)CC2(CCCCC2)CC1=O. The molecule has 4 nitrogen and oxygen atoms in total. The van der Waals surface area contributed by atoms with Crippen LogP contribution in [0.1, 0.15) is 71.6 Å². The average Bonchev–Trinajstić information content (AvgIpc) is 2.42. The summed E-state index contributed by atoms with van der Waals surface area (Å²) in [4.78, 5) is 26.5. The number of likely N-dealkylation sites (tertiary alicyclic amines) is 1. The van der Waals surface area contributed by atoms with Crippen LogP contribution in [0, 0.1) is 10.8 Å². The van der Waals surface area contributed by atoms with E-state index >= 15 is 0 Å². The summed E-state index contributed by atoms with van der Waals surface area (Å²) in [6.07, 6.45) is 8.26. The van der Waals surface area contributed by atoms with E-state index < -0.39 is 0 Å². The van der Waals surface area contributed by atoms with Gasteiger partial charge in [-0.05, 0) is 36.5 Å². The summed E-state index contributed by atoms with van der Waals surface area (Å²) < 4.78 is 0. The number of aliphatic hydroxyl groups excluding tert-OH is 1. The van der Waals surface area contributed by atoms with Gasteiger partial charge in [-0.2, -0.15) is 0 Å². The molecule has 0 radical (unpaired) electrons. The van der Waals surface area contributed by atoms with Crippen LogP contribution in [0.3, 0.4) is 0 Å². The molecule has 21 heavy (non-hydrogen) atoms. The average molecular weight is 295 g/mol. The molecule has 1 aliphatic heterocycles. The maximum Gasteiger partial charge on any atom is 0.229 e. The zero-order chi connectivity index (χ0) is 15.5. The van der Waals surface area contributed by atoms with Crippen molar-refractivity contribution in [3.05, 3.63) is 0 Å². The van der Waals surface area contributed by atoms with E-state index in [4.69, 9.17) is 5.11 Å². The van der Waals surface area contributed by atoms with Crippen molar-refractivity contribution in [1.82, 2.24) is 4.90 Å². The van der Waals surface area contributed by atoms with Crippen LogP contribution >= 0.6 is 0 Å². The highest BCUT2D eigenvalue weighted by molar-refractivity contribution is 5.98. The van der Waals surface area contributed by atoms with Crippen molar-refractivity contribution in [2.45, 2.75) is 71.6 Å². The molecule has 2 rings (SSSR count). The van der Waals surface area contributed by atoms with Gasteiger partial charge in [-0.25, -0.2) is 0 Å². The molecule has 0 aromatic heterocycles. The van der Waals surface area contributed by atoms with Gasteiger partial charge in [0.25, 0.3) is 0 Å². The van der Waals surface area contributed by atoms with Crippen LogP contribution < -0.4 is 0 Å². The standard InChI is InChI=1S/C17H29NO3/c1-16(2,7-6-10-19)13-18-14(20)11-17(12-15(18)21)8-4-3-5-9-17/h19H,3-13H2,1-2H3. The smallest absolute Gasteiger partial charge is 0.229 e. The summed E-state index contributed by atoms with van der Waals surface area (Å²) in [5.74, 6) is 0.0375. The number of hydrogen-bond acceptors (Lipinski definition) is 3. The molecule has 1 saturated carbocycles. The Balaban J connectivity index is 2.00. The third kappa shape index (κ3) is 4.06. The number of amides is 2. The van der Waals surface area contributed by atoms with E-state index in [0.29, 0.717) is 25.8 Å². The maximum atomic E-state index is 12.5. The Hall–Kier alpha value is -0.900. The molecule has 1 aliphatic carbocycles. The molecule has 120 valence electrons. The van der Waals surface area contributed by atoms with E-state index in [1.807, 2.05) is 0 Å². The molecule has 1 N–H and O–H groups in total. The number of rotatable bonds is 5. The fourth-order valence-corrected chi connectivity index (χ4v) is 3.93. The second-order valence-electron chi connectivity index (χ2n) is 7.78. The Labute approximate surface area is 127 Å². The van der Waals surface area contributed by atoms with E-state index in [1.54, 1.807) is 0 Å². The van der Waals surface area contributed by atoms with Crippen LogP contribution in [0.15, 0.2) is 0 Å². The monoisotopic (exact) mass is 295 g/mol. The van der Waals surface area contributed by atoms with Crippen LogP contribution in [0.25, 0.3) is 0 Å². The second kappa shape index (κ2) is 6.47. The fraction of sp³-hybridized carbons (Fsp3) is 0.882. The molecule has 1 spiro atoms. The van der Waals surface area contributed by atoms with Gasteiger partial charge < -0.3 is 5.11 Å². The summed E-state index contributed by atoms with van der Waals surface area (Å²) in [6.45, 7) is 4.78. The van der Waals surface area contributed by atoms with Gasteiger partial charge in [0.05, 0.1) is 0 Å². The molecule has 0 aromatic rings. The number of carbonyl (C=O) groups excluding carboxylic acids is 2. The lowest BCUT2D eigenvalue weighted by molar-refractivity contribution is -0.156. The van der Waals surface area contributed by atoms with Gasteiger partial charge in [-0.1, -0.05) is 33.1 Å². The maximum absolute atomic E-state index is 12.5. The highest BCUT2D eigenvalue weighted by Gasteiger charge is 2.44. The van der Waals surface area contributed by atoms with Crippen molar-refractivity contribution in [2.24, 2.45) is 10.8 Å². The first-order chi connectivity index (χ1) is 9.87. The van der Waals surface area contributed by atoms with Crippen molar-refractivity contribution in [3.63, 3.8) is 0 Å². The third-order valence-corrected chi connectivity index (χ3v) is 5.17. The van der Waals surface area contributed by atoms with E-state index in [1.165, 1.54) is 11.3 Å². The lowest BCUT2D eigenvalue weighted by Crippen LogP contribution is -2.51. The first-order valence-electron chi connectivity index (χ1n) is 8.32. The van der Waals surface area contributed by atoms with Gasteiger partial charge in [0, 0.05) is 26.0 Å². The molecule has 2 aliphatic rings. The highest BCUT2D eigenvalue weighted by Crippen LogP contribution is 2.45. The van der Waals surface area contributed by atoms with Gasteiger partial charge in [-0.15, -0.1) is 0 Å². The minimum atomic E-state index is -0.120. The topological polar surface area (TPSA) is 57.6 Å². The Morgan fingerprint density at radius 1 is 1.10 bits per heavy atom.